The molecule has 5 rings (SSSR count). The molecule has 0 radical (unpaired) electrons. The van der Waals surface area contributed by atoms with Crippen molar-refractivity contribution in [1.82, 2.24) is 0 Å². The summed E-state index contributed by atoms with van der Waals surface area (Å²) in [5, 5.41) is 1.03. The van der Waals surface area contributed by atoms with Crippen LogP contribution in [0, 0.1) is 0 Å². The third kappa shape index (κ3) is 2.59. The van der Waals surface area contributed by atoms with Crippen LogP contribution < -0.4 is 24.7 Å². The number of anilines is 1. The predicted octanol–water partition coefficient (Wildman–Crippen LogP) is 3.66. The van der Waals surface area contributed by atoms with Crippen LogP contribution >= 0.6 is 0 Å². The van der Waals surface area contributed by atoms with Crippen LogP contribution in [-0.4, -0.2) is 21.0 Å². The molecule has 28 heavy (non-hydrogen) atoms. The van der Waals surface area contributed by atoms with Crippen LogP contribution in [0.5, 0.6) is 17.2 Å². The van der Waals surface area contributed by atoms with Crippen LogP contribution in [0.25, 0.3) is 11.0 Å². The number of hydrogen-bond acceptors (Lipinski definition) is 6. The average molecular weight is 379 g/mol. The quantitative estimate of drug-likeness (QED) is 0.648. The normalized spacial score (nSPS) is 15.1. The fourth-order valence-corrected chi connectivity index (χ4v) is 4.19. The smallest absolute Gasteiger partial charge is 0.339 e. The Morgan fingerprint density at radius 3 is 2.46 bits per heavy atom. The summed E-state index contributed by atoms with van der Waals surface area (Å²) in [7, 11) is 3.26. The van der Waals surface area contributed by atoms with Crippen molar-refractivity contribution in [1.29, 1.82) is 0 Å². The first-order valence-corrected chi connectivity index (χ1v) is 9.39. The van der Waals surface area contributed by atoms with Gasteiger partial charge in [-0.3, -0.25) is 0 Å². The van der Waals surface area contributed by atoms with Crippen molar-refractivity contribution in [3.05, 3.63) is 57.4 Å². The minimum absolute atomic E-state index is 0.214. The molecule has 2 aromatic carbocycles. The average Bonchev–Trinajstić information content (AvgIpc) is 3.24. The molecule has 2 heterocycles. The number of rotatable bonds is 3. The second-order valence-corrected chi connectivity index (χ2v) is 7.16. The van der Waals surface area contributed by atoms with Gasteiger partial charge in [0.15, 0.2) is 6.73 Å². The summed E-state index contributed by atoms with van der Waals surface area (Å²) >= 11 is 0. The Labute approximate surface area is 162 Å². The van der Waals surface area contributed by atoms with E-state index < -0.39 is 0 Å². The van der Waals surface area contributed by atoms with Crippen molar-refractivity contribution in [2.24, 2.45) is 0 Å². The van der Waals surface area contributed by atoms with E-state index in [1.807, 2.05) is 30.3 Å². The number of benzene rings is 2. The van der Waals surface area contributed by atoms with Crippen molar-refractivity contribution in [3.8, 4) is 17.2 Å². The molecular weight excluding hydrogens is 358 g/mol. The standard InChI is InChI=1S/C22H21NO5/c1-25-14-8-13(9-15(10-14)26-2)23-11-19-20(27-12-23)7-6-17-16-4-3-5-18(16)22(24)28-21(17)19/h6-10H,3-5,11-12H2,1-2H3. The number of ether oxygens (including phenoxy) is 3. The Kier molecular flexibility index (Phi) is 3.93. The lowest BCUT2D eigenvalue weighted by molar-refractivity contribution is 0.288. The van der Waals surface area contributed by atoms with Crippen LogP contribution in [0.15, 0.2) is 39.5 Å². The molecule has 0 bridgehead atoms. The van der Waals surface area contributed by atoms with E-state index in [0.29, 0.717) is 30.4 Å². The summed E-state index contributed by atoms with van der Waals surface area (Å²) < 4.78 is 22.5. The van der Waals surface area contributed by atoms with E-state index in [2.05, 4.69) is 4.90 Å². The summed E-state index contributed by atoms with van der Waals surface area (Å²) in [5.74, 6) is 2.18. The Morgan fingerprint density at radius 1 is 0.964 bits per heavy atom. The van der Waals surface area contributed by atoms with Gasteiger partial charge in [-0.25, -0.2) is 4.79 Å². The zero-order chi connectivity index (χ0) is 19.3. The number of methoxy groups -OCH3 is 2. The van der Waals surface area contributed by atoms with E-state index in [1.165, 1.54) is 0 Å². The molecule has 0 amide bonds. The maximum Gasteiger partial charge on any atom is 0.339 e. The topological polar surface area (TPSA) is 61.1 Å². The summed E-state index contributed by atoms with van der Waals surface area (Å²) in [5.41, 5.74) is 4.21. The highest BCUT2D eigenvalue weighted by atomic mass is 16.5. The van der Waals surface area contributed by atoms with Gasteiger partial charge in [0.2, 0.25) is 0 Å². The summed E-state index contributed by atoms with van der Waals surface area (Å²) in [6.45, 7) is 0.967. The van der Waals surface area contributed by atoms with Gasteiger partial charge >= 0.3 is 5.63 Å². The van der Waals surface area contributed by atoms with Crippen LogP contribution in [-0.2, 0) is 19.4 Å². The molecule has 1 aromatic heterocycles. The molecule has 1 aliphatic heterocycles. The van der Waals surface area contributed by atoms with Crippen molar-refractivity contribution in [2.75, 3.05) is 25.9 Å². The lowest BCUT2D eigenvalue weighted by atomic mass is 10.0. The molecule has 0 saturated carbocycles. The lowest BCUT2D eigenvalue weighted by Gasteiger charge is -2.31. The number of hydrogen-bond donors (Lipinski definition) is 0. The maximum absolute atomic E-state index is 12.5. The summed E-state index contributed by atoms with van der Waals surface area (Å²) in [6.07, 6.45) is 2.73. The number of aryl methyl sites for hydroxylation is 1. The highest BCUT2D eigenvalue weighted by Gasteiger charge is 2.26. The van der Waals surface area contributed by atoms with Gasteiger partial charge in [0.25, 0.3) is 0 Å². The number of nitrogens with zero attached hydrogens (tertiary/aromatic N) is 1. The Balaban J connectivity index is 1.61. The van der Waals surface area contributed by atoms with Crippen molar-refractivity contribution in [3.63, 3.8) is 0 Å². The molecule has 3 aromatic rings. The Hall–Kier alpha value is -3.15. The van der Waals surface area contributed by atoms with Gasteiger partial charge in [-0.05, 0) is 37.0 Å². The number of fused-ring (bicyclic) bond motifs is 5. The molecule has 6 nitrogen and oxygen atoms in total. The Morgan fingerprint density at radius 2 is 1.71 bits per heavy atom. The van der Waals surface area contributed by atoms with Gasteiger partial charge in [0.05, 0.1) is 26.3 Å². The first-order valence-electron chi connectivity index (χ1n) is 9.39. The molecule has 144 valence electrons. The first-order chi connectivity index (χ1) is 13.7. The Bertz CT molecular complexity index is 1110. The molecule has 0 atom stereocenters. The van der Waals surface area contributed by atoms with Crippen LogP contribution in [0.3, 0.4) is 0 Å². The third-order valence-corrected chi connectivity index (χ3v) is 5.63. The van der Waals surface area contributed by atoms with Gasteiger partial charge in [0, 0.05) is 34.8 Å². The molecular formula is C22H21NO5. The molecule has 1 aliphatic carbocycles. The molecule has 0 unspecified atom stereocenters. The highest BCUT2D eigenvalue weighted by molar-refractivity contribution is 5.87. The first kappa shape index (κ1) is 17.0. The van der Waals surface area contributed by atoms with Crippen LogP contribution in [0.2, 0.25) is 0 Å². The fraction of sp³-hybridized carbons (Fsp3) is 0.318. The maximum atomic E-state index is 12.5. The van der Waals surface area contributed by atoms with Gasteiger partial charge in [-0.15, -0.1) is 0 Å². The van der Waals surface area contributed by atoms with E-state index in [1.54, 1.807) is 14.2 Å². The second-order valence-electron chi connectivity index (χ2n) is 7.16. The second kappa shape index (κ2) is 6.48. The predicted molar refractivity (Wildman–Crippen MR) is 106 cm³/mol. The molecule has 0 spiro atoms. The highest BCUT2D eigenvalue weighted by Crippen LogP contribution is 2.38. The zero-order valence-electron chi connectivity index (χ0n) is 15.9. The lowest BCUT2D eigenvalue weighted by Crippen LogP contribution is -2.32. The monoisotopic (exact) mass is 379 g/mol. The van der Waals surface area contributed by atoms with Gasteiger partial charge in [0.1, 0.15) is 22.8 Å². The van der Waals surface area contributed by atoms with Crippen molar-refractivity contribution >= 4 is 16.7 Å². The largest absolute Gasteiger partial charge is 0.497 e. The fourth-order valence-electron chi connectivity index (χ4n) is 4.19. The third-order valence-electron chi connectivity index (χ3n) is 5.63. The van der Waals surface area contributed by atoms with Gasteiger partial charge in [-0.1, -0.05) is 0 Å². The SMILES string of the molecule is COc1cc(OC)cc(N2COc3ccc4c5c(c(=O)oc4c3C2)CCC5)c1. The summed E-state index contributed by atoms with van der Waals surface area (Å²) in [4.78, 5) is 14.5. The van der Waals surface area contributed by atoms with Gasteiger partial charge in [-0.2, -0.15) is 0 Å². The van der Waals surface area contributed by atoms with E-state index in [0.717, 1.165) is 52.8 Å². The zero-order valence-corrected chi connectivity index (χ0v) is 15.9. The van der Waals surface area contributed by atoms with Crippen LogP contribution in [0.1, 0.15) is 23.1 Å². The van der Waals surface area contributed by atoms with Crippen molar-refractivity contribution < 1.29 is 18.6 Å². The van der Waals surface area contributed by atoms with Crippen LogP contribution in [0.4, 0.5) is 5.69 Å². The van der Waals surface area contributed by atoms with E-state index in [9.17, 15) is 4.79 Å². The molecule has 2 aliphatic rings. The van der Waals surface area contributed by atoms with Crippen molar-refractivity contribution in [2.45, 2.75) is 25.8 Å². The molecule has 0 N–H and O–H groups in total. The van der Waals surface area contributed by atoms with E-state index in [-0.39, 0.29) is 5.63 Å². The minimum Gasteiger partial charge on any atom is -0.497 e. The van der Waals surface area contributed by atoms with Gasteiger partial charge < -0.3 is 23.5 Å². The molecule has 0 saturated heterocycles. The molecule has 6 heteroatoms. The van der Waals surface area contributed by atoms with E-state index in [4.69, 9.17) is 18.6 Å². The molecule has 0 fully saturated rings. The minimum atomic E-state index is -0.214. The summed E-state index contributed by atoms with van der Waals surface area (Å²) in [6, 6.07) is 9.72. The van der Waals surface area contributed by atoms with E-state index >= 15 is 0 Å².